The van der Waals surface area contributed by atoms with E-state index in [0.29, 0.717) is 12.5 Å². The number of urea groups is 1. The van der Waals surface area contributed by atoms with Gasteiger partial charge in [0.05, 0.1) is 0 Å². The maximum absolute atomic E-state index is 12.0. The van der Waals surface area contributed by atoms with E-state index >= 15 is 0 Å². The fraction of sp³-hybridized carbons (Fsp3) is 0.692. The molecule has 1 aliphatic heterocycles. The monoisotopic (exact) mass is 254 g/mol. The SMILES string of the molecule is C=CCC(NC(=O)N1CCCC(CC)C1)C(=O)O. The van der Waals surface area contributed by atoms with Gasteiger partial charge < -0.3 is 15.3 Å². The molecule has 0 bridgehead atoms. The minimum Gasteiger partial charge on any atom is -0.480 e. The normalized spacial score (nSPS) is 21.2. The Labute approximate surface area is 108 Å². The molecule has 1 heterocycles. The molecule has 1 saturated heterocycles. The third-order valence-electron chi connectivity index (χ3n) is 3.38. The van der Waals surface area contributed by atoms with Gasteiger partial charge in [0, 0.05) is 13.1 Å². The summed E-state index contributed by atoms with van der Waals surface area (Å²) in [5, 5.41) is 11.5. The number of rotatable bonds is 5. The zero-order valence-electron chi connectivity index (χ0n) is 10.9. The molecule has 2 amide bonds. The molecule has 0 aromatic heterocycles. The molecule has 2 atom stereocenters. The van der Waals surface area contributed by atoms with Crippen LogP contribution in [0.25, 0.3) is 0 Å². The summed E-state index contributed by atoms with van der Waals surface area (Å²) in [5.41, 5.74) is 0. The average Bonchev–Trinajstić information content (AvgIpc) is 2.38. The lowest BCUT2D eigenvalue weighted by atomic mass is 9.96. The highest BCUT2D eigenvalue weighted by Crippen LogP contribution is 2.19. The Morgan fingerprint density at radius 1 is 1.61 bits per heavy atom. The van der Waals surface area contributed by atoms with Crippen LogP contribution in [0.5, 0.6) is 0 Å². The number of nitrogens with one attached hydrogen (secondary N) is 1. The number of carboxylic acid groups (broad SMARTS) is 1. The Morgan fingerprint density at radius 3 is 2.89 bits per heavy atom. The van der Waals surface area contributed by atoms with Crippen LogP contribution in [0.4, 0.5) is 4.79 Å². The second kappa shape index (κ2) is 7.03. The van der Waals surface area contributed by atoms with Crippen LogP contribution in [0.15, 0.2) is 12.7 Å². The molecule has 1 rings (SSSR count). The molecule has 2 unspecified atom stereocenters. The maximum atomic E-state index is 12.0. The first-order valence-electron chi connectivity index (χ1n) is 6.47. The van der Waals surface area contributed by atoms with Crippen molar-refractivity contribution < 1.29 is 14.7 Å². The van der Waals surface area contributed by atoms with Gasteiger partial charge in [0.15, 0.2) is 0 Å². The molecule has 1 aliphatic rings. The number of hydrogen-bond acceptors (Lipinski definition) is 2. The van der Waals surface area contributed by atoms with E-state index in [-0.39, 0.29) is 12.5 Å². The fourth-order valence-electron chi connectivity index (χ4n) is 2.21. The van der Waals surface area contributed by atoms with Crippen LogP contribution in [-0.4, -0.2) is 41.1 Å². The summed E-state index contributed by atoms with van der Waals surface area (Å²) in [6.07, 6.45) is 4.94. The van der Waals surface area contributed by atoms with Gasteiger partial charge in [0.2, 0.25) is 0 Å². The van der Waals surface area contributed by atoms with Crippen molar-refractivity contribution in [3.63, 3.8) is 0 Å². The van der Waals surface area contributed by atoms with Crippen LogP contribution < -0.4 is 5.32 Å². The van der Waals surface area contributed by atoms with Crippen molar-refractivity contribution in [1.29, 1.82) is 0 Å². The largest absolute Gasteiger partial charge is 0.480 e. The summed E-state index contributed by atoms with van der Waals surface area (Å²) in [6, 6.07) is -1.15. The van der Waals surface area contributed by atoms with Gasteiger partial charge in [-0.1, -0.05) is 19.4 Å². The Balaban J connectivity index is 2.52. The highest BCUT2D eigenvalue weighted by molar-refractivity contribution is 5.82. The zero-order chi connectivity index (χ0) is 13.5. The number of aliphatic carboxylic acids is 1. The summed E-state index contributed by atoms with van der Waals surface area (Å²) in [7, 11) is 0. The minimum atomic E-state index is -1.02. The molecule has 2 N–H and O–H groups in total. The van der Waals surface area contributed by atoms with Crippen LogP contribution >= 0.6 is 0 Å². The Hall–Kier alpha value is -1.52. The van der Waals surface area contributed by atoms with Crippen LogP contribution in [0.2, 0.25) is 0 Å². The quantitative estimate of drug-likeness (QED) is 0.736. The lowest BCUT2D eigenvalue weighted by molar-refractivity contribution is -0.139. The van der Waals surface area contributed by atoms with E-state index in [9.17, 15) is 9.59 Å². The second-order valence-electron chi connectivity index (χ2n) is 4.73. The molecule has 102 valence electrons. The van der Waals surface area contributed by atoms with Gasteiger partial charge in [-0.05, 0) is 25.2 Å². The third-order valence-corrected chi connectivity index (χ3v) is 3.38. The van der Waals surface area contributed by atoms with Crippen LogP contribution in [0.3, 0.4) is 0 Å². The molecule has 0 spiro atoms. The van der Waals surface area contributed by atoms with Crippen LogP contribution in [0, 0.1) is 5.92 Å². The first-order chi connectivity index (χ1) is 8.58. The van der Waals surface area contributed by atoms with Crippen molar-refractivity contribution in [2.45, 2.75) is 38.6 Å². The van der Waals surface area contributed by atoms with Crippen molar-refractivity contribution in [1.82, 2.24) is 10.2 Å². The summed E-state index contributed by atoms with van der Waals surface area (Å²) >= 11 is 0. The summed E-state index contributed by atoms with van der Waals surface area (Å²) < 4.78 is 0. The van der Waals surface area contributed by atoms with Crippen molar-refractivity contribution >= 4 is 12.0 Å². The van der Waals surface area contributed by atoms with Gasteiger partial charge in [0.1, 0.15) is 6.04 Å². The van der Waals surface area contributed by atoms with Crippen molar-refractivity contribution in [3.05, 3.63) is 12.7 Å². The number of carboxylic acids is 1. The van der Waals surface area contributed by atoms with Gasteiger partial charge in [-0.25, -0.2) is 9.59 Å². The second-order valence-corrected chi connectivity index (χ2v) is 4.73. The summed E-state index contributed by atoms with van der Waals surface area (Å²) in [6.45, 7) is 7.05. The molecular weight excluding hydrogens is 232 g/mol. The molecule has 5 nitrogen and oxygen atoms in total. The van der Waals surface area contributed by atoms with E-state index in [0.717, 1.165) is 25.8 Å². The number of amides is 2. The first-order valence-corrected chi connectivity index (χ1v) is 6.47. The lowest BCUT2D eigenvalue weighted by Crippen LogP contribution is -2.50. The molecular formula is C13H22N2O3. The lowest BCUT2D eigenvalue weighted by Gasteiger charge is -2.33. The molecule has 5 heteroatoms. The van der Waals surface area contributed by atoms with E-state index in [4.69, 9.17) is 5.11 Å². The topological polar surface area (TPSA) is 69.6 Å². The van der Waals surface area contributed by atoms with E-state index in [2.05, 4.69) is 18.8 Å². The highest BCUT2D eigenvalue weighted by Gasteiger charge is 2.25. The van der Waals surface area contributed by atoms with E-state index in [1.165, 1.54) is 6.08 Å². The van der Waals surface area contributed by atoms with E-state index in [1.54, 1.807) is 4.90 Å². The minimum absolute atomic E-state index is 0.242. The predicted molar refractivity (Wildman–Crippen MR) is 69.4 cm³/mol. The number of nitrogens with zero attached hydrogens (tertiary/aromatic N) is 1. The van der Waals surface area contributed by atoms with Gasteiger partial charge in [-0.2, -0.15) is 0 Å². The Bertz CT molecular complexity index is 317. The van der Waals surface area contributed by atoms with Gasteiger partial charge in [-0.3, -0.25) is 0 Å². The van der Waals surface area contributed by atoms with Gasteiger partial charge >= 0.3 is 12.0 Å². The van der Waals surface area contributed by atoms with E-state index in [1.807, 2.05) is 0 Å². The van der Waals surface area contributed by atoms with Gasteiger partial charge in [0.25, 0.3) is 0 Å². The Morgan fingerprint density at radius 2 is 2.33 bits per heavy atom. The van der Waals surface area contributed by atoms with Gasteiger partial charge in [-0.15, -0.1) is 6.58 Å². The summed E-state index contributed by atoms with van der Waals surface area (Å²) in [4.78, 5) is 24.6. The molecule has 0 aromatic carbocycles. The Kier molecular flexibility index (Phi) is 5.68. The van der Waals surface area contributed by atoms with Crippen molar-refractivity contribution in [2.24, 2.45) is 5.92 Å². The molecule has 0 aromatic rings. The van der Waals surface area contributed by atoms with Crippen molar-refractivity contribution in [3.8, 4) is 0 Å². The molecule has 18 heavy (non-hydrogen) atoms. The van der Waals surface area contributed by atoms with Crippen LogP contribution in [0.1, 0.15) is 32.6 Å². The number of carbonyl (C=O) groups is 2. The summed E-state index contributed by atoms with van der Waals surface area (Å²) in [5.74, 6) is -0.487. The maximum Gasteiger partial charge on any atom is 0.326 e. The molecule has 0 radical (unpaired) electrons. The first kappa shape index (κ1) is 14.5. The molecule has 1 fully saturated rings. The average molecular weight is 254 g/mol. The third kappa shape index (κ3) is 4.05. The number of hydrogen-bond donors (Lipinski definition) is 2. The van der Waals surface area contributed by atoms with E-state index < -0.39 is 12.0 Å². The number of likely N-dealkylation sites (tertiary alicyclic amines) is 1. The molecule has 0 saturated carbocycles. The number of piperidine rings is 1. The zero-order valence-corrected chi connectivity index (χ0v) is 10.9. The standard InChI is InChI=1S/C13H22N2O3/c1-3-6-11(12(16)17)14-13(18)15-8-5-7-10(4-2)9-15/h3,10-11H,1,4-9H2,2H3,(H,14,18)(H,16,17). The van der Waals surface area contributed by atoms with Crippen LogP contribution in [-0.2, 0) is 4.79 Å². The smallest absolute Gasteiger partial charge is 0.326 e. The highest BCUT2D eigenvalue weighted by atomic mass is 16.4. The molecule has 0 aliphatic carbocycles. The fourth-order valence-corrected chi connectivity index (χ4v) is 2.21. The number of carbonyl (C=O) groups excluding carboxylic acids is 1. The van der Waals surface area contributed by atoms with Crippen molar-refractivity contribution in [2.75, 3.05) is 13.1 Å². The predicted octanol–water partition coefficient (Wildman–Crippen LogP) is 1.85.